The van der Waals surface area contributed by atoms with Gasteiger partial charge in [-0.3, -0.25) is 4.79 Å². The summed E-state index contributed by atoms with van der Waals surface area (Å²) in [7, 11) is 4.96. The fourth-order valence-electron chi connectivity index (χ4n) is 3.03. The highest BCUT2D eigenvalue weighted by atomic mass is 16.5. The van der Waals surface area contributed by atoms with Crippen LogP contribution >= 0.6 is 0 Å². The molecular weight excluding hydrogens is 366 g/mol. The van der Waals surface area contributed by atoms with Crippen molar-refractivity contribution in [2.75, 3.05) is 21.3 Å². The van der Waals surface area contributed by atoms with E-state index in [9.17, 15) is 4.79 Å². The zero-order valence-corrected chi connectivity index (χ0v) is 16.9. The van der Waals surface area contributed by atoms with Gasteiger partial charge in [0.2, 0.25) is 0 Å². The first-order valence-corrected chi connectivity index (χ1v) is 9.34. The first-order valence-electron chi connectivity index (χ1n) is 9.34. The molecule has 0 saturated heterocycles. The number of nitrogens with zero attached hydrogens (tertiary/aromatic N) is 1. The molecule has 3 aromatic rings. The Hall–Kier alpha value is -3.47. The Morgan fingerprint density at radius 3 is 2.21 bits per heavy atom. The fraction of sp³-hybridized carbons (Fsp3) is 0.208. The van der Waals surface area contributed by atoms with Crippen molar-refractivity contribution in [3.05, 3.63) is 89.5 Å². The third kappa shape index (κ3) is 5.08. The highest BCUT2D eigenvalue weighted by Gasteiger charge is 2.17. The molecule has 5 heteroatoms. The summed E-state index contributed by atoms with van der Waals surface area (Å²) in [6.45, 7) is 0.844. The minimum absolute atomic E-state index is 0.108. The van der Waals surface area contributed by atoms with Gasteiger partial charge in [0.05, 0.1) is 19.8 Å². The average Bonchev–Trinajstić information content (AvgIpc) is 2.78. The maximum atomic E-state index is 13.0. The quantitative estimate of drug-likeness (QED) is 0.565. The molecule has 0 atom stereocenters. The third-order valence-electron chi connectivity index (χ3n) is 4.57. The number of hydrogen-bond acceptors (Lipinski definition) is 4. The summed E-state index contributed by atoms with van der Waals surface area (Å²) in [6.07, 6.45) is 0. The lowest BCUT2D eigenvalue weighted by Crippen LogP contribution is -2.26. The van der Waals surface area contributed by atoms with E-state index in [1.54, 1.807) is 32.2 Å². The molecule has 0 N–H and O–H groups in total. The van der Waals surface area contributed by atoms with E-state index in [-0.39, 0.29) is 5.91 Å². The first kappa shape index (κ1) is 20.3. The van der Waals surface area contributed by atoms with Gasteiger partial charge in [0.1, 0.15) is 12.4 Å². The van der Waals surface area contributed by atoms with Crippen LogP contribution in [0.2, 0.25) is 0 Å². The average molecular weight is 391 g/mol. The van der Waals surface area contributed by atoms with Gasteiger partial charge in [-0.1, -0.05) is 48.5 Å². The number of carbonyl (C=O) groups is 1. The molecule has 0 aliphatic rings. The normalized spacial score (nSPS) is 10.3. The highest BCUT2D eigenvalue weighted by molar-refractivity contribution is 5.96. The number of hydrogen-bond donors (Lipinski definition) is 0. The molecule has 0 fully saturated rings. The number of amides is 1. The van der Waals surface area contributed by atoms with Crippen molar-refractivity contribution >= 4 is 5.91 Å². The summed E-state index contributed by atoms with van der Waals surface area (Å²) in [6, 6.07) is 22.8. The molecule has 0 heterocycles. The van der Waals surface area contributed by atoms with Crippen molar-refractivity contribution in [2.45, 2.75) is 13.2 Å². The molecule has 0 saturated carbocycles. The van der Waals surface area contributed by atoms with E-state index in [0.717, 1.165) is 11.1 Å². The Morgan fingerprint density at radius 1 is 0.793 bits per heavy atom. The predicted molar refractivity (Wildman–Crippen MR) is 113 cm³/mol. The standard InChI is InChI=1S/C24H25NO4/c1-25(16-19-13-14-22(27-2)23(15-19)28-3)24(26)20-11-7-8-12-21(20)29-17-18-9-5-4-6-10-18/h4-15H,16-17H2,1-3H3. The van der Waals surface area contributed by atoms with Gasteiger partial charge in [0.25, 0.3) is 5.91 Å². The molecule has 0 bridgehead atoms. The van der Waals surface area contributed by atoms with E-state index in [1.807, 2.05) is 66.7 Å². The minimum atomic E-state index is -0.108. The second-order valence-electron chi connectivity index (χ2n) is 6.62. The van der Waals surface area contributed by atoms with Gasteiger partial charge in [-0.05, 0) is 35.4 Å². The molecule has 0 aliphatic heterocycles. The van der Waals surface area contributed by atoms with E-state index in [0.29, 0.717) is 36.0 Å². The maximum Gasteiger partial charge on any atom is 0.257 e. The summed E-state index contributed by atoms with van der Waals surface area (Å²) in [5, 5.41) is 0. The van der Waals surface area contributed by atoms with Crippen LogP contribution in [0.15, 0.2) is 72.8 Å². The van der Waals surface area contributed by atoms with Crippen LogP contribution in [0.5, 0.6) is 17.2 Å². The number of para-hydroxylation sites is 1. The van der Waals surface area contributed by atoms with Crippen molar-refractivity contribution in [1.29, 1.82) is 0 Å². The smallest absolute Gasteiger partial charge is 0.257 e. The molecule has 0 unspecified atom stereocenters. The van der Waals surface area contributed by atoms with Gasteiger partial charge in [-0.2, -0.15) is 0 Å². The minimum Gasteiger partial charge on any atom is -0.493 e. The van der Waals surface area contributed by atoms with Crippen LogP contribution in [0, 0.1) is 0 Å². The van der Waals surface area contributed by atoms with E-state index in [2.05, 4.69) is 0 Å². The molecule has 5 nitrogen and oxygen atoms in total. The summed E-state index contributed by atoms with van der Waals surface area (Å²) in [5.41, 5.74) is 2.53. The molecule has 29 heavy (non-hydrogen) atoms. The fourth-order valence-corrected chi connectivity index (χ4v) is 3.03. The third-order valence-corrected chi connectivity index (χ3v) is 4.57. The zero-order valence-electron chi connectivity index (χ0n) is 16.9. The van der Waals surface area contributed by atoms with Crippen LogP contribution in [0.1, 0.15) is 21.5 Å². The van der Waals surface area contributed by atoms with Crippen molar-refractivity contribution in [2.24, 2.45) is 0 Å². The largest absolute Gasteiger partial charge is 0.493 e. The molecule has 0 radical (unpaired) electrons. The number of benzene rings is 3. The lowest BCUT2D eigenvalue weighted by molar-refractivity contribution is 0.0780. The van der Waals surface area contributed by atoms with E-state index in [4.69, 9.17) is 14.2 Å². The van der Waals surface area contributed by atoms with E-state index in [1.165, 1.54) is 0 Å². The number of rotatable bonds is 8. The van der Waals surface area contributed by atoms with Crippen LogP contribution in [0.3, 0.4) is 0 Å². The lowest BCUT2D eigenvalue weighted by atomic mass is 10.1. The van der Waals surface area contributed by atoms with Crippen molar-refractivity contribution in [1.82, 2.24) is 4.90 Å². The van der Waals surface area contributed by atoms with Crippen LogP contribution in [0.25, 0.3) is 0 Å². The molecule has 3 aromatic carbocycles. The predicted octanol–water partition coefficient (Wildman–Crippen LogP) is 4.56. The van der Waals surface area contributed by atoms with Crippen LogP contribution in [-0.4, -0.2) is 32.1 Å². The zero-order chi connectivity index (χ0) is 20.6. The first-order chi connectivity index (χ1) is 14.1. The molecule has 150 valence electrons. The van der Waals surface area contributed by atoms with E-state index >= 15 is 0 Å². The van der Waals surface area contributed by atoms with Crippen molar-refractivity contribution < 1.29 is 19.0 Å². The van der Waals surface area contributed by atoms with Crippen LogP contribution < -0.4 is 14.2 Å². The second-order valence-corrected chi connectivity index (χ2v) is 6.62. The Balaban J connectivity index is 1.73. The molecule has 1 amide bonds. The topological polar surface area (TPSA) is 48.0 Å². The van der Waals surface area contributed by atoms with Gasteiger partial charge in [-0.25, -0.2) is 0 Å². The molecule has 3 rings (SSSR count). The second kappa shape index (κ2) is 9.64. The molecule has 0 aliphatic carbocycles. The lowest BCUT2D eigenvalue weighted by Gasteiger charge is -2.20. The Bertz CT molecular complexity index is 956. The SMILES string of the molecule is COc1ccc(CN(C)C(=O)c2ccccc2OCc2ccccc2)cc1OC. The molecule has 0 spiro atoms. The number of carbonyl (C=O) groups excluding carboxylic acids is 1. The number of methoxy groups -OCH3 is 2. The molecular formula is C24H25NO4. The van der Waals surface area contributed by atoms with Crippen LogP contribution in [-0.2, 0) is 13.2 Å². The Labute approximate surface area is 171 Å². The summed E-state index contributed by atoms with van der Waals surface area (Å²) in [5.74, 6) is 1.76. The summed E-state index contributed by atoms with van der Waals surface area (Å²) < 4.78 is 16.5. The Morgan fingerprint density at radius 2 is 1.48 bits per heavy atom. The highest BCUT2D eigenvalue weighted by Crippen LogP contribution is 2.28. The summed E-state index contributed by atoms with van der Waals surface area (Å²) in [4.78, 5) is 14.7. The maximum absolute atomic E-state index is 13.0. The van der Waals surface area contributed by atoms with Gasteiger partial charge in [0, 0.05) is 13.6 Å². The molecule has 0 aromatic heterocycles. The van der Waals surface area contributed by atoms with Crippen LogP contribution in [0.4, 0.5) is 0 Å². The van der Waals surface area contributed by atoms with Crippen molar-refractivity contribution in [3.8, 4) is 17.2 Å². The van der Waals surface area contributed by atoms with Crippen molar-refractivity contribution in [3.63, 3.8) is 0 Å². The summed E-state index contributed by atoms with van der Waals surface area (Å²) >= 11 is 0. The van der Waals surface area contributed by atoms with Gasteiger partial charge in [-0.15, -0.1) is 0 Å². The monoisotopic (exact) mass is 391 g/mol. The Kier molecular flexibility index (Phi) is 6.74. The van der Waals surface area contributed by atoms with Gasteiger partial charge in [0.15, 0.2) is 11.5 Å². The van der Waals surface area contributed by atoms with E-state index < -0.39 is 0 Å². The number of ether oxygens (including phenoxy) is 3. The van der Waals surface area contributed by atoms with Gasteiger partial charge < -0.3 is 19.1 Å². The van der Waals surface area contributed by atoms with Gasteiger partial charge >= 0.3 is 0 Å².